The van der Waals surface area contributed by atoms with Gasteiger partial charge in [0.1, 0.15) is 0 Å². The van der Waals surface area contributed by atoms with Crippen LogP contribution in [0.1, 0.15) is 0 Å². The Morgan fingerprint density at radius 3 is 1.92 bits per heavy atom. The monoisotopic (exact) mass is 230 g/mol. The van der Waals surface area contributed by atoms with Crippen LogP contribution in [0.4, 0.5) is 0 Å². The maximum atomic E-state index is 9.22. The molecule has 1 atom stereocenters. The van der Waals surface area contributed by atoms with E-state index < -0.39 is 7.82 Å². The SMILES string of the molecule is O=P(O)(O)OO.OC([CH2][Na])CCl. The van der Waals surface area contributed by atoms with Crippen LogP contribution in [-0.2, 0) is 9.24 Å². The molecule has 1 unspecified atom stereocenters. The quantitative estimate of drug-likeness (QED) is 0.175. The summed E-state index contributed by atoms with van der Waals surface area (Å²) in [6.45, 7) is 0. The Morgan fingerprint density at radius 1 is 1.58 bits per heavy atom. The van der Waals surface area contributed by atoms with Crippen LogP contribution in [0.3, 0.4) is 0 Å². The molecular formula is C3H9ClNaO6P. The maximum absolute atomic E-state index is 9.22. The molecule has 70 valence electrons. The van der Waals surface area contributed by atoms with Gasteiger partial charge in [-0.05, 0) is 0 Å². The number of halogens is 1. The van der Waals surface area contributed by atoms with Crippen LogP contribution in [0.5, 0.6) is 0 Å². The van der Waals surface area contributed by atoms with E-state index in [1.165, 1.54) is 0 Å². The van der Waals surface area contributed by atoms with Gasteiger partial charge in [0.15, 0.2) is 0 Å². The summed E-state index contributed by atoms with van der Waals surface area (Å²) in [7, 11) is -4.59. The average Bonchev–Trinajstić information content (AvgIpc) is 2.03. The third kappa shape index (κ3) is 17.4. The minimum absolute atomic E-state index is 0.238. The topological polar surface area (TPSA) is 107 Å². The number of aliphatic hydroxyl groups is 1. The normalized spacial score (nSPS) is 13.2. The van der Waals surface area contributed by atoms with Gasteiger partial charge in [0, 0.05) is 0 Å². The van der Waals surface area contributed by atoms with E-state index in [-0.39, 0.29) is 6.10 Å². The average molecular weight is 231 g/mol. The molecule has 9 heteroatoms. The van der Waals surface area contributed by atoms with Crippen molar-refractivity contribution in [2.45, 2.75) is 9.77 Å². The zero-order chi connectivity index (χ0) is 10.2. The van der Waals surface area contributed by atoms with Crippen molar-refractivity contribution in [3.63, 3.8) is 0 Å². The van der Waals surface area contributed by atoms with Gasteiger partial charge in [0.25, 0.3) is 0 Å². The molecule has 0 aliphatic rings. The Balaban J connectivity index is 0. The third-order valence-corrected chi connectivity index (χ3v) is 2.27. The van der Waals surface area contributed by atoms with Gasteiger partial charge in [-0.25, -0.2) is 9.82 Å². The van der Waals surface area contributed by atoms with Crippen LogP contribution in [0.2, 0.25) is 3.67 Å². The van der Waals surface area contributed by atoms with E-state index in [0.717, 1.165) is 31.6 Å². The summed E-state index contributed by atoms with van der Waals surface area (Å²) in [5.74, 6) is 0.392. The van der Waals surface area contributed by atoms with Crippen LogP contribution >= 0.6 is 19.4 Å². The second kappa shape index (κ2) is 8.90. The summed E-state index contributed by atoms with van der Waals surface area (Å²) >= 11 is 6.27. The fourth-order valence-corrected chi connectivity index (χ4v) is 0.982. The Labute approximate surface area is 92.1 Å². The Morgan fingerprint density at radius 2 is 1.92 bits per heavy atom. The summed E-state index contributed by atoms with van der Waals surface area (Å²) in [5, 5.41) is 15.7. The van der Waals surface area contributed by atoms with Crippen LogP contribution in [0.15, 0.2) is 0 Å². The molecule has 12 heavy (non-hydrogen) atoms. The Hall–Kier alpha value is 1.32. The molecule has 4 N–H and O–H groups in total. The van der Waals surface area contributed by atoms with Gasteiger partial charge in [-0.15, -0.1) is 4.67 Å². The first kappa shape index (κ1) is 15.8. The van der Waals surface area contributed by atoms with E-state index in [0.29, 0.717) is 5.88 Å². The standard InChI is InChI=1S/C3H6ClO.Na.H3O5P/c1-3(5)2-4;;1-5-6(2,3)4/h3,5H,1-2H2;;1H,(H2,2,3,4). The van der Waals surface area contributed by atoms with E-state index >= 15 is 0 Å². The van der Waals surface area contributed by atoms with Crippen LogP contribution < -0.4 is 0 Å². The van der Waals surface area contributed by atoms with E-state index in [9.17, 15) is 4.57 Å². The molecule has 0 amide bonds. The first-order valence-corrected chi connectivity index (χ1v) is 6.48. The van der Waals surface area contributed by atoms with Crippen molar-refractivity contribution < 1.29 is 29.4 Å². The molecule has 0 rings (SSSR count). The molecule has 0 aromatic heterocycles. The van der Waals surface area contributed by atoms with Crippen LogP contribution in [0.25, 0.3) is 0 Å². The summed E-state index contributed by atoms with van der Waals surface area (Å²) in [6, 6.07) is 0. The van der Waals surface area contributed by atoms with Crippen molar-refractivity contribution in [2.24, 2.45) is 0 Å². The molecule has 0 radical (unpaired) electrons. The summed E-state index contributed by atoms with van der Waals surface area (Å²) < 4.78 is 12.7. The van der Waals surface area contributed by atoms with Crippen molar-refractivity contribution in [1.29, 1.82) is 0 Å². The predicted molar refractivity (Wildman–Crippen MR) is 43.0 cm³/mol. The van der Waals surface area contributed by atoms with E-state index in [1.54, 1.807) is 0 Å². The number of hydrogen-bond acceptors (Lipinski definition) is 4. The van der Waals surface area contributed by atoms with Crippen molar-refractivity contribution in [3.05, 3.63) is 0 Å². The number of aliphatic hydroxyl groups excluding tert-OH is 1. The first-order valence-electron chi connectivity index (χ1n) is 3.00. The van der Waals surface area contributed by atoms with Gasteiger partial charge in [-0.2, -0.15) is 0 Å². The molecule has 0 fully saturated rings. The fourth-order valence-electron chi connectivity index (χ4n) is 0.109. The Bertz CT molecular complexity index is 135. The number of alkyl halides is 1. The summed E-state index contributed by atoms with van der Waals surface area (Å²) in [6.07, 6.45) is -0.238. The molecule has 0 aliphatic carbocycles. The molecule has 0 aromatic rings. The molecule has 6 nitrogen and oxygen atoms in total. The van der Waals surface area contributed by atoms with Crippen molar-refractivity contribution in [2.75, 3.05) is 5.88 Å². The molecule has 0 bridgehead atoms. The molecule has 0 saturated carbocycles. The second-order valence-electron chi connectivity index (χ2n) is 1.79. The van der Waals surface area contributed by atoms with Gasteiger partial charge in [0.05, 0.1) is 0 Å². The molecule has 0 aliphatic heterocycles. The number of hydrogen-bond donors (Lipinski definition) is 4. The van der Waals surface area contributed by atoms with Gasteiger partial charge >= 0.3 is 68.1 Å². The fraction of sp³-hybridized carbons (Fsp3) is 1.00. The van der Waals surface area contributed by atoms with Gasteiger partial charge < -0.3 is 9.79 Å². The van der Waals surface area contributed by atoms with E-state index in [2.05, 4.69) is 4.67 Å². The molecular weight excluding hydrogens is 221 g/mol. The van der Waals surface area contributed by atoms with Crippen molar-refractivity contribution in [3.8, 4) is 0 Å². The summed E-state index contributed by atoms with van der Waals surface area (Å²) in [4.78, 5) is 14.9. The van der Waals surface area contributed by atoms with E-state index in [1.807, 2.05) is 0 Å². The third-order valence-electron chi connectivity index (χ3n) is 0.756. The molecule has 0 aromatic carbocycles. The van der Waals surface area contributed by atoms with Crippen molar-refractivity contribution >= 4 is 47.4 Å². The second-order valence-corrected chi connectivity index (χ2v) is 4.06. The van der Waals surface area contributed by atoms with Gasteiger partial charge in [-0.3, -0.25) is 0 Å². The number of rotatable bonds is 3. The van der Waals surface area contributed by atoms with Crippen LogP contribution in [0, 0.1) is 0 Å². The van der Waals surface area contributed by atoms with Gasteiger partial charge in [0.2, 0.25) is 0 Å². The van der Waals surface area contributed by atoms with Crippen LogP contribution in [-0.4, -0.2) is 60.1 Å². The molecule has 0 saturated heterocycles. The summed E-state index contributed by atoms with van der Waals surface area (Å²) in [5.41, 5.74) is 0. The van der Waals surface area contributed by atoms with E-state index in [4.69, 9.17) is 31.8 Å². The predicted octanol–water partition coefficient (Wildman–Crippen LogP) is -0.258. The number of phosphoric acid groups is 1. The molecule has 0 heterocycles. The zero-order valence-corrected chi connectivity index (χ0v) is 10.1. The van der Waals surface area contributed by atoms with Gasteiger partial charge in [-0.1, -0.05) is 0 Å². The minimum atomic E-state index is -4.59. The van der Waals surface area contributed by atoms with Crippen molar-refractivity contribution in [1.82, 2.24) is 0 Å². The Kier molecular flexibility index (Phi) is 11.7. The zero-order valence-electron chi connectivity index (χ0n) is 6.42. The first-order chi connectivity index (χ1) is 5.37. The molecule has 0 spiro atoms.